The highest BCUT2D eigenvalue weighted by molar-refractivity contribution is 5.79. The first kappa shape index (κ1) is 17.6. The van der Waals surface area contributed by atoms with Gasteiger partial charge in [0.1, 0.15) is 12.7 Å². The minimum absolute atomic E-state index is 0.0479. The van der Waals surface area contributed by atoms with Crippen molar-refractivity contribution in [2.45, 2.75) is 57.0 Å². The predicted octanol–water partition coefficient (Wildman–Crippen LogP) is 1.78. The first-order valence-electron chi connectivity index (χ1n) is 9.61. The standard InChI is InChI=1S/C19H24N6O2/c26-18-11-10-17(24-13-20-12-21-24)23-25(18)16-8-6-15(7-9-16)22-19(27)14-4-2-1-3-5-14/h1-2,10-16H,3-9H2,(H,22,27). The van der Waals surface area contributed by atoms with Crippen molar-refractivity contribution in [1.29, 1.82) is 0 Å². The Kier molecular flexibility index (Phi) is 5.13. The maximum absolute atomic E-state index is 12.4. The van der Waals surface area contributed by atoms with Gasteiger partial charge < -0.3 is 5.32 Å². The van der Waals surface area contributed by atoms with Crippen LogP contribution >= 0.6 is 0 Å². The largest absolute Gasteiger partial charge is 0.353 e. The van der Waals surface area contributed by atoms with E-state index in [9.17, 15) is 9.59 Å². The highest BCUT2D eigenvalue weighted by Gasteiger charge is 2.27. The lowest BCUT2D eigenvalue weighted by Crippen LogP contribution is -2.42. The number of hydrogen-bond acceptors (Lipinski definition) is 5. The summed E-state index contributed by atoms with van der Waals surface area (Å²) in [7, 11) is 0. The van der Waals surface area contributed by atoms with Crippen molar-refractivity contribution < 1.29 is 4.79 Å². The number of allylic oxidation sites excluding steroid dienone is 2. The number of hydrogen-bond donors (Lipinski definition) is 1. The fourth-order valence-electron chi connectivity index (χ4n) is 3.94. The molecule has 0 saturated heterocycles. The molecule has 0 radical (unpaired) electrons. The van der Waals surface area contributed by atoms with E-state index in [0.717, 1.165) is 44.9 Å². The zero-order valence-electron chi connectivity index (χ0n) is 15.2. The van der Waals surface area contributed by atoms with E-state index >= 15 is 0 Å². The van der Waals surface area contributed by atoms with Gasteiger partial charge >= 0.3 is 0 Å². The van der Waals surface area contributed by atoms with Crippen molar-refractivity contribution in [3.63, 3.8) is 0 Å². The van der Waals surface area contributed by atoms with Gasteiger partial charge in [-0.05, 0) is 51.0 Å². The van der Waals surface area contributed by atoms with Crippen molar-refractivity contribution in [1.82, 2.24) is 29.9 Å². The molecule has 142 valence electrons. The van der Waals surface area contributed by atoms with E-state index in [1.807, 2.05) is 0 Å². The van der Waals surface area contributed by atoms with Crippen molar-refractivity contribution >= 4 is 5.91 Å². The van der Waals surface area contributed by atoms with Crippen LogP contribution in [0.15, 0.2) is 41.7 Å². The third-order valence-corrected chi connectivity index (χ3v) is 5.49. The fraction of sp³-hybridized carbons (Fsp3) is 0.526. The van der Waals surface area contributed by atoms with E-state index in [1.54, 1.807) is 21.8 Å². The van der Waals surface area contributed by atoms with Crippen LogP contribution in [0.5, 0.6) is 0 Å². The number of nitrogens with zero attached hydrogens (tertiary/aromatic N) is 5. The SMILES string of the molecule is O=C(NC1CCC(n2nc(-n3cncn3)ccc2=O)CC1)C1CC=CCC1. The van der Waals surface area contributed by atoms with Gasteiger partial charge in [0.2, 0.25) is 5.91 Å². The Bertz CT molecular complexity index is 865. The molecule has 8 nitrogen and oxygen atoms in total. The number of rotatable bonds is 4. The van der Waals surface area contributed by atoms with Gasteiger partial charge in [-0.3, -0.25) is 9.59 Å². The fourth-order valence-corrected chi connectivity index (χ4v) is 3.94. The lowest BCUT2D eigenvalue weighted by molar-refractivity contribution is -0.126. The van der Waals surface area contributed by atoms with Crippen LogP contribution in [-0.2, 0) is 4.79 Å². The first-order chi connectivity index (χ1) is 13.2. The Morgan fingerprint density at radius 2 is 1.96 bits per heavy atom. The van der Waals surface area contributed by atoms with Gasteiger partial charge in [0.15, 0.2) is 5.82 Å². The predicted molar refractivity (Wildman–Crippen MR) is 99.3 cm³/mol. The highest BCUT2D eigenvalue weighted by atomic mass is 16.2. The van der Waals surface area contributed by atoms with Crippen molar-refractivity contribution in [3.8, 4) is 5.82 Å². The van der Waals surface area contributed by atoms with E-state index in [0.29, 0.717) is 5.82 Å². The van der Waals surface area contributed by atoms with Gasteiger partial charge in [0, 0.05) is 18.0 Å². The quantitative estimate of drug-likeness (QED) is 0.830. The molecule has 2 aliphatic carbocycles. The molecule has 2 aliphatic rings. The number of aromatic nitrogens is 5. The smallest absolute Gasteiger partial charge is 0.267 e. The molecule has 0 bridgehead atoms. The number of carbonyl (C=O) groups is 1. The number of carbonyl (C=O) groups excluding carboxylic acids is 1. The topological polar surface area (TPSA) is 94.7 Å². The monoisotopic (exact) mass is 368 g/mol. The second-order valence-corrected chi connectivity index (χ2v) is 7.31. The maximum Gasteiger partial charge on any atom is 0.267 e. The summed E-state index contributed by atoms with van der Waals surface area (Å²) in [5.41, 5.74) is -0.111. The molecule has 1 unspecified atom stereocenters. The van der Waals surface area contributed by atoms with Crippen LogP contribution in [0.4, 0.5) is 0 Å². The molecule has 1 atom stereocenters. The zero-order valence-corrected chi connectivity index (χ0v) is 15.2. The molecule has 2 heterocycles. The summed E-state index contributed by atoms with van der Waals surface area (Å²) in [6.45, 7) is 0. The van der Waals surface area contributed by atoms with Crippen molar-refractivity contribution in [2.24, 2.45) is 5.92 Å². The van der Waals surface area contributed by atoms with Gasteiger partial charge in [-0.2, -0.15) is 5.10 Å². The average Bonchev–Trinajstić information content (AvgIpc) is 3.25. The van der Waals surface area contributed by atoms with Crippen LogP contribution in [0.25, 0.3) is 5.82 Å². The minimum atomic E-state index is -0.111. The van der Waals surface area contributed by atoms with E-state index in [2.05, 4.69) is 32.7 Å². The molecule has 1 fully saturated rings. The molecule has 0 aliphatic heterocycles. The van der Waals surface area contributed by atoms with Gasteiger partial charge in [-0.25, -0.2) is 14.3 Å². The molecule has 27 heavy (non-hydrogen) atoms. The minimum Gasteiger partial charge on any atom is -0.353 e. The molecule has 1 amide bonds. The second kappa shape index (κ2) is 7.85. The Balaban J connectivity index is 1.38. The van der Waals surface area contributed by atoms with Gasteiger partial charge in [-0.1, -0.05) is 12.2 Å². The van der Waals surface area contributed by atoms with Gasteiger partial charge in [0.05, 0.1) is 6.04 Å². The van der Waals surface area contributed by atoms with Crippen LogP contribution in [-0.4, -0.2) is 36.5 Å². The lowest BCUT2D eigenvalue weighted by atomic mass is 9.89. The number of nitrogens with one attached hydrogen (secondary N) is 1. The lowest BCUT2D eigenvalue weighted by Gasteiger charge is -2.30. The van der Waals surface area contributed by atoms with Crippen LogP contribution in [0, 0.1) is 5.92 Å². The maximum atomic E-state index is 12.4. The van der Waals surface area contributed by atoms with Crippen LogP contribution in [0.2, 0.25) is 0 Å². The average molecular weight is 368 g/mol. The number of amides is 1. The van der Waals surface area contributed by atoms with Crippen LogP contribution in [0.3, 0.4) is 0 Å². The second-order valence-electron chi connectivity index (χ2n) is 7.31. The highest BCUT2D eigenvalue weighted by Crippen LogP contribution is 2.28. The van der Waals surface area contributed by atoms with Crippen LogP contribution < -0.4 is 10.9 Å². The Morgan fingerprint density at radius 1 is 1.11 bits per heavy atom. The first-order valence-corrected chi connectivity index (χ1v) is 9.61. The Labute approximate surface area is 157 Å². The summed E-state index contributed by atoms with van der Waals surface area (Å²) < 4.78 is 3.10. The third-order valence-electron chi connectivity index (χ3n) is 5.49. The molecular formula is C19H24N6O2. The summed E-state index contributed by atoms with van der Waals surface area (Å²) in [6.07, 6.45) is 13.4. The Hall–Kier alpha value is -2.77. The summed E-state index contributed by atoms with van der Waals surface area (Å²) in [6, 6.07) is 3.41. The Morgan fingerprint density at radius 3 is 2.67 bits per heavy atom. The van der Waals surface area contributed by atoms with E-state index in [-0.39, 0.29) is 29.5 Å². The summed E-state index contributed by atoms with van der Waals surface area (Å²) >= 11 is 0. The van der Waals surface area contributed by atoms with E-state index < -0.39 is 0 Å². The van der Waals surface area contributed by atoms with E-state index in [4.69, 9.17) is 0 Å². The van der Waals surface area contributed by atoms with Crippen molar-refractivity contribution in [3.05, 3.63) is 47.3 Å². The molecule has 8 heteroatoms. The summed E-state index contributed by atoms with van der Waals surface area (Å²) in [4.78, 5) is 28.6. The van der Waals surface area contributed by atoms with Crippen molar-refractivity contribution in [2.75, 3.05) is 0 Å². The summed E-state index contributed by atoms with van der Waals surface area (Å²) in [5, 5.41) is 11.7. The van der Waals surface area contributed by atoms with Crippen LogP contribution in [0.1, 0.15) is 51.0 Å². The van der Waals surface area contributed by atoms with Gasteiger partial charge in [0.25, 0.3) is 5.56 Å². The molecule has 0 aromatic carbocycles. The molecule has 0 spiro atoms. The third kappa shape index (κ3) is 3.99. The molecular weight excluding hydrogens is 344 g/mol. The molecule has 2 aromatic heterocycles. The molecule has 2 aromatic rings. The van der Waals surface area contributed by atoms with E-state index in [1.165, 1.54) is 12.4 Å². The zero-order chi connectivity index (χ0) is 18.6. The molecule has 1 N–H and O–H groups in total. The van der Waals surface area contributed by atoms with Gasteiger partial charge in [-0.15, -0.1) is 5.10 Å². The molecule has 1 saturated carbocycles. The molecule has 4 rings (SSSR count). The normalized spacial score (nSPS) is 25.3. The summed E-state index contributed by atoms with van der Waals surface area (Å²) in [5.74, 6) is 0.857.